The van der Waals surface area contributed by atoms with E-state index in [-0.39, 0.29) is 41.8 Å². The van der Waals surface area contributed by atoms with Gasteiger partial charge < -0.3 is 24.8 Å². The van der Waals surface area contributed by atoms with Crippen LogP contribution in [-0.2, 0) is 9.53 Å². The summed E-state index contributed by atoms with van der Waals surface area (Å²) in [7, 11) is 3.75. The van der Waals surface area contributed by atoms with Crippen molar-refractivity contribution in [3.05, 3.63) is 30.1 Å². The van der Waals surface area contributed by atoms with Gasteiger partial charge in [0, 0.05) is 65.7 Å². The molecule has 0 aromatic heterocycles. The van der Waals surface area contributed by atoms with Crippen molar-refractivity contribution >= 4 is 41.5 Å². The SMILES string of the molecule is CN=C(NCCCN(C)c1cccc(F)c1)N1CCN(C(=O)C2CCCO2)CC1.I. The minimum absolute atomic E-state index is 0. The van der Waals surface area contributed by atoms with Crippen LogP contribution in [0.25, 0.3) is 0 Å². The third-order valence-corrected chi connectivity index (χ3v) is 5.51. The van der Waals surface area contributed by atoms with Crippen LogP contribution >= 0.6 is 24.0 Å². The zero-order chi connectivity index (χ0) is 20.6. The lowest BCUT2D eigenvalue weighted by Gasteiger charge is -2.37. The average Bonchev–Trinajstić information content (AvgIpc) is 3.28. The van der Waals surface area contributed by atoms with Crippen LogP contribution in [0, 0.1) is 5.82 Å². The van der Waals surface area contributed by atoms with Gasteiger partial charge in [-0.2, -0.15) is 0 Å². The van der Waals surface area contributed by atoms with E-state index in [2.05, 4.69) is 15.2 Å². The van der Waals surface area contributed by atoms with Crippen LogP contribution in [0.2, 0.25) is 0 Å². The third kappa shape index (κ3) is 6.69. The van der Waals surface area contributed by atoms with Gasteiger partial charge in [-0.05, 0) is 37.5 Å². The van der Waals surface area contributed by atoms with E-state index in [1.165, 1.54) is 6.07 Å². The molecule has 1 aromatic carbocycles. The molecular formula is C21H33FIN5O2. The highest BCUT2D eigenvalue weighted by molar-refractivity contribution is 14.0. The molecule has 2 heterocycles. The Bertz CT molecular complexity index is 706. The minimum Gasteiger partial charge on any atom is -0.374 e. The zero-order valence-electron chi connectivity index (χ0n) is 17.8. The molecule has 0 radical (unpaired) electrons. The van der Waals surface area contributed by atoms with Crippen LogP contribution in [-0.4, -0.2) is 87.7 Å². The number of rotatable bonds is 6. The number of ether oxygens (including phenoxy) is 1. The Kier molecular flexibility index (Phi) is 10.1. The van der Waals surface area contributed by atoms with E-state index < -0.39 is 0 Å². The lowest BCUT2D eigenvalue weighted by atomic mass is 10.2. The summed E-state index contributed by atoms with van der Waals surface area (Å²) in [5, 5.41) is 3.40. The Morgan fingerprint density at radius 1 is 1.30 bits per heavy atom. The second-order valence-corrected chi connectivity index (χ2v) is 7.54. The average molecular weight is 533 g/mol. The van der Waals surface area contributed by atoms with Gasteiger partial charge in [0.2, 0.25) is 0 Å². The van der Waals surface area contributed by atoms with Crippen molar-refractivity contribution in [3.8, 4) is 0 Å². The standard InChI is InChI=1S/C21H32FN5O2.HI/c1-23-21(24-9-5-10-25(2)18-7-3-6-17(22)16-18)27-13-11-26(12-14-27)20(28)19-8-4-15-29-19;/h3,6-7,16,19H,4-5,8-15H2,1-2H3,(H,23,24);1H. The maximum absolute atomic E-state index is 13.3. The van der Waals surface area contributed by atoms with E-state index in [0.717, 1.165) is 57.1 Å². The van der Waals surface area contributed by atoms with Gasteiger partial charge in [0.25, 0.3) is 5.91 Å². The highest BCUT2D eigenvalue weighted by atomic mass is 127. The largest absolute Gasteiger partial charge is 0.374 e. The highest BCUT2D eigenvalue weighted by Gasteiger charge is 2.30. The molecule has 2 fully saturated rings. The summed E-state index contributed by atoms with van der Waals surface area (Å²) in [4.78, 5) is 23.0. The van der Waals surface area contributed by atoms with Crippen molar-refractivity contribution in [3.63, 3.8) is 0 Å². The number of halogens is 2. The van der Waals surface area contributed by atoms with Crippen LogP contribution in [0.15, 0.2) is 29.3 Å². The fraction of sp³-hybridized carbons (Fsp3) is 0.619. The Labute approximate surface area is 195 Å². The maximum Gasteiger partial charge on any atom is 0.251 e. The smallest absolute Gasteiger partial charge is 0.251 e. The molecule has 2 aliphatic heterocycles. The summed E-state index contributed by atoms with van der Waals surface area (Å²) in [5.74, 6) is 0.776. The molecule has 0 saturated carbocycles. The van der Waals surface area contributed by atoms with Gasteiger partial charge in [-0.25, -0.2) is 4.39 Å². The molecule has 168 valence electrons. The predicted molar refractivity (Wildman–Crippen MR) is 128 cm³/mol. The Balaban J connectivity index is 0.00000320. The van der Waals surface area contributed by atoms with Crippen LogP contribution in [0.4, 0.5) is 10.1 Å². The first-order valence-electron chi connectivity index (χ1n) is 10.4. The van der Waals surface area contributed by atoms with Crippen LogP contribution in [0.3, 0.4) is 0 Å². The minimum atomic E-state index is -0.242. The summed E-state index contributed by atoms with van der Waals surface area (Å²) in [6.07, 6.45) is 2.48. The number of hydrogen-bond acceptors (Lipinski definition) is 4. The van der Waals surface area contributed by atoms with Crippen molar-refractivity contribution in [2.24, 2.45) is 4.99 Å². The van der Waals surface area contributed by atoms with Gasteiger partial charge in [0.05, 0.1) is 0 Å². The summed E-state index contributed by atoms with van der Waals surface area (Å²) in [6.45, 7) is 5.21. The Morgan fingerprint density at radius 3 is 2.67 bits per heavy atom. The van der Waals surface area contributed by atoms with E-state index in [0.29, 0.717) is 19.7 Å². The zero-order valence-corrected chi connectivity index (χ0v) is 20.2. The second kappa shape index (κ2) is 12.3. The quantitative estimate of drug-likeness (QED) is 0.263. The summed E-state index contributed by atoms with van der Waals surface area (Å²) >= 11 is 0. The molecule has 2 aliphatic rings. The molecule has 1 amide bonds. The lowest BCUT2D eigenvalue weighted by Crippen LogP contribution is -2.55. The highest BCUT2D eigenvalue weighted by Crippen LogP contribution is 2.16. The first kappa shape index (κ1) is 24.6. The number of anilines is 1. The molecule has 30 heavy (non-hydrogen) atoms. The molecule has 1 unspecified atom stereocenters. The fourth-order valence-electron chi connectivity index (χ4n) is 3.81. The van der Waals surface area contributed by atoms with Crippen molar-refractivity contribution in [1.29, 1.82) is 0 Å². The first-order chi connectivity index (χ1) is 14.1. The van der Waals surface area contributed by atoms with E-state index in [1.54, 1.807) is 19.2 Å². The van der Waals surface area contributed by atoms with Gasteiger partial charge in [0.15, 0.2) is 5.96 Å². The van der Waals surface area contributed by atoms with Crippen LogP contribution < -0.4 is 10.2 Å². The van der Waals surface area contributed by atoms with Gasteiger partial charge in [-0.1, -0.05) is 6.07 Å². The van der Waals surface area contributed by atoms with Gasteiger partial charge >= 0.3 is 0 Å². The first-order valence-corrected chi connectivity index (χ1v) is 10.4. The number of carbonyl (C=O) groups excluding carboxylic acids is 1. The van der Waals surface area contributed by atoms with Crippen LogP contribution in [0.5, 0.6) is 0 Å². The molecule has 3 rings (SSSR count). The van der Waals surface area contributed by atoms with E-state index in [4.69, 9.17) is 4.74 Å². The molecule has 7 nitrogen and oxygen atoms in total. The summed E-state index contributed by atoms with van der Waals surface area (Å²) in [6, 6.07) is 6.64. The molecule has 0 aliphatic carbocycles. The molecule has 1 atom stereocenters. The monoisotopic (exact) mass is 533 g/mol. The molecule has 0 bridgehead atoms. The number of carbonyl (C=O) groups is 1. The van der Waals surface area contributed by atoms with E-state index in [9.17, 15) is 9.18 Å². The lowest BCUT2D eigenvalue weighted by molar-refractivity contribution is -0.142. The number of aliphatic imine (C=N–C) groups is 1. The number of nitrogens with one attached hydrogen (secondary N) is 1. The van der Waals surface area contributed by atoms with Crippen LogP contribution in [0.1, 0.15) is 19.3 Å². The van der Waals surface area contributed by atoms with Crippen molar-refractivity contribution < 1.29 is 13.9 Å². The molecular weight excluding hydrogens is 500 g/mol. The third-order valence-electron chi connectivity index (χ3n) is 5.51. The van der Waals surface area contributed by atoms with Gasteiger partial charge in [-0.3, -0.25) is 9.79 Å². The van der Waals surface area contributed by atoms with Gasteiger partial charge in [-0.15, -0.1) is 24.0 Å². The molecule has 1 N–H and O–H groups in total. The van der Waals surface area contributed by atoms with Crippen molar-refractivity contribution in [1.82, 2.24) is 15.1 Å². The Hall–Kier alpha value is -1.62. The number of benzene rings is 1. The second-order valence-electron chi connectivity index (χ2n) is 7.54. The van der Waals surface area contributed by atoms with E-state index in [1.807, 2.05) is 22.9 Å². The molecule has 1 aromatic rings. The maximum atomic E-state index is 13.3. The number of guanidine groups is 1. The summed E-state index contributed by atoms with van der Waals surface area (Å²) in [5.41, 5.74) is 0.876. The van der Waals surface area contributed by atoms with Gasteiger partial charge in [0.1, 0.15) is 11.9 Å². The normalized spacial score (nSPS) is 19.4. The van der Waals surface area contributed by atoms with Crippen molar-refractivity contribution in [2.45, 2.75) is 25.4 Å². The topological polar surface area (TPSA) is 60.4 Å². The molecule has 0 spiro atoms. The molecule has 2 saturated heterocycles. The predicted octanol–water partition coefficient (Wildman–Crippen LogP) is 2.17. The van der Waals surface area contributed by atoms with E-state index >= 15 is 0 Å². The number of nitrogens with zero attached hydrogens (tertiary/aromatic N) is 4. The Morgan fingerprint density at radius 2 is 2.03 bits per heavy atom. The number of piperazine rings is 1. The summed E-state index contributed by atoms with van der Waals surface area (Å²) < 4.78 is 18.9. The number of amides is 1. The number of hydrogen-bond donors (Lipinski definition) is 1. The van der Waals surface area contributed by atoms with Crippen molar-refractivity contribution in [2.75, 3.05) is 64.9 Å². The molecule has 9 heteroatoms. The fourth-order valence-corrected chi connectivity index (χ4v) is 3.81.